The fraction of sp³-hybridized carbons (Fsp3) is 0.360. The third-order valence-electron chi connectivity index (χ3n) is 7.56. The van der Waals surface area contributed by atoms with Gasteiger partial charge >= 0.3 is 0 Å². The van der Waals surface area contributed by atoms with E-state index in [2.05, 4.69) is 4.98 Å². The number of fused-ring (bicyclic) bond motifs is 1. The SMILES string of the molecule is CC1COC([C@@]23SC(N)=N[C@](C)(c4cc(/C=C(\F)c5ccc(C#N)cn5)ccc4F)C24CC43)=N1. The monoisotopic (exact) mass is 477 g/mol. The molecule has 2 saturated carbocycles. The Morgan fingerprint density at radius 1 is 1.35 bits per heavy atom. The van der Waals surface area contributed by atoms with Crippen LogP contribution in [0.5, 0.6) is 0 Å². The first-order valence-electron chi connectivity index (χ1n) is 11.0. The summed E-state index contributed by atoms with van der Waals surface area (Å²) in [5.74, 6) is -0.0504. The van der Waals surface area contributed by atoms with Gasteiger partial charge in [-0.1, -0.05) is 17.8 Å². The number of amidine groups is 1. The minimum Gasteiger partial charge on any atom is -0.478 e. The lowest BCUT2D eigenvalue weighted by Gasteiger charge is -2.40. The number of nitrogens with two attached hydrogens (primary N) is 1. The number of rotatable bonds is 4. The van der Waals surface area contributed by atoms with Crippen molar-refractivity contribution in [2.24, 2.45) is 27.1 Å². The van der Waals surface area contributed by atoms with Crippen LogP contribution in [0.15, 0.2) is 46.5 Å². The number of nitriles is 1. The van der Waals surface area contributed by atoms with Gasteiger partial charge in [0.25, 0.3) is 0 Å². The smallest absolute Gasteiger partial charge is 0.201 e. The molecule has 2 fully saturated rings. The summed E-state index contributed by atoms with van der Waals surface area (Å²) in [6.45, 7) is 4.44. The van der Waals surface area contributed by atoms with E-state index in [1.54, 1.807) is 6.07 Å². The molecule has 2 N–H and O–H groups in total. The fourth-order valence-electron chi connectivity index (χ4n) is 5.77. The number of thioether (sulfide) groups is 1. The quantitative estimate of drug-likeness (QED) is 0.704. The molecule has 6 nitrogen and oxygen atoms in total. The molecule has 1 aromatic heterocycles. The first-order valence-corrected chi connectivity index (χ1v) is 11.9. The lowest BCUT2D eigenvalue weighted by Crippen LogP contribution is -2.47. The van der Waals surface area contributed by atoms with Crippen LogP contribution in [0.25, 0.3) is 11.9 Å². The first kappa shape index (κ1) is 21.3. The van der Waals surface area contributed by atoms with Gasteiger partial charge in [-0.25, -0.2) is 13.8 Å². The lowest BCUT2D eigenvalue weighted by molar-refractivity contribution is 0.281. The van der Waals surface area contributed by atoms with E-state index >= 15 is 4.39 Å². The number of ether oxygens (including phenoxy) is 1. The standard InChI is InChI=1S/C25H21F2N5OS/c1-13-12-33-21(31-13)25-20-9-24(20,25)23(2,32-22(29)34-25)16-7-14(3-5-17(16)26)8-18(27)19-6-4-15(10-28)11-30-19/h3-8,11,13,20H,9,12H2,1-2H3,(H2,29,32)/b18-8-/t13?,20?,23-,24?,25-/m1/s1. The molecule has 0 amide bonds. The maximum absolute atomic E-state index is 15.3. The first-order chi connectivity index (χ1) is 16.2. The van der Waals surface area contributed by atoms with Crippen molar-refractivity contribution in [2.75, 3.05) is 6.61 Å². The van der Waals surface area contributed by atoms with Crippen molar-refractivity contribution in [2.45, 2.75) is 36.6 Å². The van der Waals surface area contributed by atoms with E-state index in [4.69, 9.17) is 25.7 Å². The van der Waals surface area contributed by atoms with Gasteiger partial charge < -0.3 is 10.5 Å². The van der Waals surface area contributed by atoms with Gasteiger partial charge in [0.15, 0.2) is 5.17 Å². The third kappa shape index (κ3) is 2.63. The zero-order valence-corrected chi connectivity index (χ0v) is 19.4. The molecular weight excluding hydrogens is 456 g/mol. The number of aromatic nitrogens is 1. The van der Waals surface area contributed by atoms with Gasteiger partial charge in [-0.15, -0.1) is 0 Å². The number of halogens is 2. The van der Waals surface area contributed by atoms with Crippen molar-refractivity contribution in [3.63, 3.8) is 0 Å². The Morgan fingerprint density at radius 3 is 2.82 bits per heavy atom. The molecule has 2 aliphatic carbocycles. The Labute approximate surface area is 199 Å². The topological polar surface area (TPSA) is 96.7 Å². The second-order valence-electron chi connectivity index (χ2n) is 9.46. The van der Waals surface area contributed by atoms with E-state index in [1.165, 1.54) is 48.3 Å². The number of hydrogen-bond donors (Lipinski definition) is 1. The summed E-state index contributed by atoms with van der Waals surface area (Å²) in [7, 11) is 0. The predicted octanol–water partition coefficient (Wildman–Crippen LogP) is 4.41. The molecule has 9 heteroatoms. The van der Waals surface area contributed by atoms with Crippen molar-refractivity contribution >= 4 is 34.7 Å². The minimum absolute atomic E-state index is 0.0809. The molecule has 6 rings (SSSR count). The van der Waals surface area contributed by atoms with E-state index in [9.17, 15) is 4.39 Å². The molecule has 3 unspecified atom stereocenters. The minimum atomic E-state index is -0.929. The summed E-state index contributed by atoms with van der Waals surface area (Å²) >= 11 is 1.47. The number of aliphatic imine (C=N–C) groups is 2. The van der Waals surface area contributed by atoms with Gasteiger partial charge in [-0.3, -0.25) is 9.98 Å². The van der Waals surface area contributed by atoms with Crippen LogP contribution in [0.1, 0.15) is 42.7 Å². The normalized spacial score (nSPS) is 35.3. The summed E-state index contributed by atoms with van der Waals surface area (Å²) in [4.78, 5) is 13.5. The van der Waals surface area contributed by atoms with E-state index in [0.29, 0.717) is 34.4 Å². The third-order valence-corrected chi connectivity index (χ3v) is 9.01. The van der Waals surface area contributed by atoms with Gasteiger partial charge in [-0.2, -0.15) is 5.26 Å². The molecule has 5 atom stereocenters. The van der Waals surface area contributed by atoms with E-state index in [0.717, 1.165) is 6.42 Å². The largest absolute Gasteiger partial charge is 0.478 e. The summed E-state index contributed by atoms with van der Waals surface area (Å²) in [6, 6.07) is 9.46. The van der Waals surface area contributed by atoms with E-state index in [1.807, 2.05) is 19.9 Å². The van der Waals surface area contributed by atoms with Gasteiger partial charge in [0.2, 0.25) is 5.90 Å². The molecule has 1 aromatic carbocycles. The summed E-state index contributed by atoms with van der Waals surface area (Å²) < 4.78 is 35.7. The van der Waals surface area contributed by atoms with Crippen molar-refractivity contribution in [3.8, 4) is 6.07 Å². The lowest BCUT2D eigenvalue weighted by atomic mass is 9.78. The van der Waals surface area contributed by atoms with Gasteiger partial charge in [0, 0.05) is 17.2 Å². The molecule has 2 aliphatic heterocycles. The molecule has 34 heavy (non-hydrogen) atoms. The van der Waals surface area contributed by atoms with Crippen LogP contribution in [0.3, 0.4) is 0 Å². The zero-order chi connectivity index (χ0) is 23.9. The average Bonchev–Trinajstić information content (AvgIpc) is 3.65. The number of benzene rings is 1. The van der Waals surface area contributed by atoms with Crippen LogP contribution in [0.4, 0.5) is 8.78 Å². The Bertz CT molecular complexity index is 1370. The van der Waals surface area contributed by atoms with Crippen molar-refractivity contribution < 1.29 is 13.5 Å². The molecule has 0 radical (unpaired) electrons. The number of nitrogens with zero attached hydrogens (tertiary/aromatic N) is 4. The summed E-state index contributed by atoms with van der Waals surface area (Å²) in [6.07, 6.45) is 3.50. The van der Waals surface area contributed by atoms with Crippen molar-refractivity contribution in [1.29, 1.82) is 5.26 Å². The Kier molecular flexibility index (Phi) is 4.31. The average molecular weight is 478 g/mol. The Morgan fingerprint density at radius 2 is 2.18 bits per heavy atom. The van der Waals surface area contributed by atoms with Crippen molar-refractivity contribution in [3.05, 3.63) is 64.7 Å². The maximum Gasteiger partial charge on any atom is 0.201 e. The number of hydrogen-bond acceptors (Lipinski definition) is 7. The molecule has 4 aliphatic rings. The van der Waals surface area contributed by atoms with Gasteiger partial charge in [-0.05, 0) is 62.1 Å². The van der Waals surface area contributed by atoms with Crippen molar-refractivity contribution in [1.82, 2.24) is 4.98 Å². The highest BCUT2D eigenvalue weighted by atomic mass is 32.2. The highest BCUT2D eigenvalue weighted by Crippen LogP contribution is 2.94. The van der Waals surface area contributed by atoms with E-state index < -0.39 is 21.9 Å². The molecule has 3 heterocycles. The van der Waals surface area contributed by atoms with Crippen LogP contribution in [0, 0.1) is 28.5 Å². The Balaban J connectivity index is 1.40. The molecule has 0 bridgehead atoms. The molecular formula is C25H21F2N5OS. The van der Waals surface area contributed by atoms with Crippen LogP contribution in [-0.2, 0) is 10.3 Å². The summed E-state index contributed by atoms with van der Waals surface area (Å²) in [5.41, 5.74) is 6.32. The summed E-state index contributed by atoms with van der Waals surface area (Å²) in [5, 5.41) is 9.28. The second kappa shape index (κ2) is 6.89. The maximum atomic E-state index is 15.3. The molecule has 0 saturated heterocycles. The highest BCUT2D eigenvalue weighted by Gasteiger charge is 2.98. The van der Waals surface area contributed by atoms with Gasteiger partial charge in [0.1, 0.15) is 29.1 Å². The van der Waals surface area contributed by atoms with Crippen LogP contribution < -0.4 is 5.73 Å². The second-order valence-corrected chi connectivity index (χ2v) is 10.7. The fourth-order valence-corrected chi connectivity index (χ4v) is 7.50. The molecule has 2 aromatic rings. The van der Waals surface area contributed by atoms with Crippen LogP contribution in [-0.4, -0.2) is 33.4 Å². The van der Waals surface area contributed by atoms with Crippen LogP contribution >= 0.6 is 11.8 Å². The highest BCUT2D eigenvalue weighted by molar-refractivity contribution is 8.16. The predicted molar refractivity (Wildman–Crippen MR) is 127 cm³/mol. The zero-order valence-electron chi connectivity index (χ0n) is 18.5. The molecule has 1 spiro atoms. The number of pyridine rings is 1. The molecule has 172 valence electrons. The van der Waals surface area contributed by atoms with E-state index in [-0.39, 0.29) is 23.1 Å². The van der Waals surface area contributed by atoms with Gasteiger partial charge in [0.05, 0.1) is 22.8 Å². The Hall–Kier alpha value is -3.25. The van der Waals surface area contributed by atoms with Crippen LogP contribution in [0.2, 0.25) is 0 Å².